The van der Waals surface area contributed by atoms with Gasteiger partial charge in [-0.05, 0) is 37.1 Å². The van der Waals surface area contributed by atoms with E-state index >= 15 is 0 Å². The molecule has 0 bridgehead atoms. The van der Waals surface area contributed by atoms with E-state index in [0.717, 1.165) is 0 Å². The van der Waals surface area contributed by atoms with Crippen LogP contribution in [-0.2, 0) is 19.3 Å². The molecule has 0 spiro atoms. The van der Waals surface area contributed by atoms with Crippen LogP contribution in [0.4, 0.5) is 11.4 Å². The Bertz CT molecular complexity index is 1560. The Balaban J connectivity index is 1.45. The van der Waals surface area contributed by atoms with Crippen LogP contribution in [0.5, 0.6) is 0 Å². The van der Waals surface area contributed by atoms with Crippen molar-refractivity contribution < 1.29 is 19.3 Å². The van der Waals surface area contributed by atoms with Crippen molar-refractivity contribution in [3.63, 3.8) is 0 Å². The van der Waals surface area contributed by atoms with E-state index < -0.39 is 22.3 Å². The van der Waals surface area contributed by atoms with Crippen molar-refractivity contribution in [3.05, 3.63) is 71.8 Å². The Morgan fingerprint density at radius 3 is 1.54 bits per heavy atom. The molecule has 0 radical (unpaired) electrons. The Labute approximate surface area is 282 Å². The number of hydrogen-bond donors (Lipinski definition) is 2. The highest BCUT2D eigenvalue weighted by atomic mass is 35.5. The molecule has 4 rings (SSSR count). The fourth-order valence-corrected chi connectivity index (χ4v) is 7.47. The second-order valence-electron chi connectivity index (χ2n) is 9.19. The molecule has 0 aliphatic rings. The molecular formula is C28H30Cl2N10O4S2. The predicted molar refractivity (Wildman–Crippen MR) is 182 cm³/mol. The number of nitrogens with zero attached hydrogens (tertiary/aromatic N) is 8. The maximum atomic E-state index is 13.4. The van der Waals surface area contributed by atoms with Crippen LogP contribution in [0.25, 0.3) is 11.4 Å². The summed E-state index contributed by atoms with van der Waals surface area (Å²) in [7, 11) is 5.41. The molecule has 2 unspecified atom stereocenters. The average molecular weight is 706 g/mol. The van der Waals surface area contributed by atoms with Crippen molar-refractivity contribution in [3.8, 4) is 11.4 Å². The van der Waals surface area contributed by atoms with Gasteiger partial charge in [-0.15, -0.1) is 0 Å². The lowest BCUT2D eigenvalue weighted by molar-refractivity contribution is -0.111. The van der Waals surface area contributed by atoms with Crippen molar-refractivity contribution in [1.29, 1.82) is 0 Å². The molecule has 4 aromatic rings. The molecule has 0 fully saturated rings. The number of hydrogen-bond acceptors (Lipinski definition) is 12. The van der Waals surface area contributed by atoms with E-state index in [0.29, 0.717) is 24.2 Å². The van der Waals surface area contributed by atoms with Crippen LogP contribution < -0.4 is 10.6 Å². The molecule has 242 valence electrons. The Morgan fingerprint density at radius 1 is 0.804 bits per heavy atom. The van der Waals surface area contributed by atoms with Crippen LogP contribution in [0.1, 0.15) is 26.7 Å². The van der Waals surface area contributed by atoms with E-state index in [1.165, 1.54) is 45.2 Å². The SMILES string of the molecule is CCC(SSC(CC)C(=NOC)C(=O)Nc1cn(-c2cccnc2)nc1Cl)C(=NOC)C(=O)Nc1cn(-c2cccnc2)nc1Cl. The summed E-state index contributed by atoms with van der Waals surface area (Å²) in [6.07, 6.45) is 10.7. The van der Waals surface area contributed by atoms with Crippen LogP contribution in [0.3, 0.4) is 0 Å². The Kier molecular flexibility index (Phi) is 12.8. The smallest absolute Gasteiger partial charge is 0.274 e. The van der Waals surface area contributed by atoms with Gasteiger partial charge in [-0.3, -0.25) is 19.6 Å². The lowest BCUT2D eigenvalue weighted by Crippen LogP contribution is -2.33. The molecule has 2 N–H and O–H groups in total. The first-order valence-corrected chi connectivity index (χ1v) is 16.8. The van der Waals surface area contributed by atoms with Crippen molar-refractivity contribution in [2.24, 2.45) is 10.3 Å². The standard InChI is InChI=1S/C28H30Cl2N10O4S2/c1-5-21(23(37-43-3)27(41)33-19-15-39(35-25(19)29)17-9-7-11-31-13-17)45-46-22(6-2)24(38-44-4)28(42)34-20-16-40(36-26(20)30)18-10-8-12-32-14-18/h7-16,21-22H,5-6H2,1-4H3,(H,33,41)(H,34,42). The van der Waals surface area contributed by atoms with Crippen LogP contribution >= 0.6 is 44.8 Å². The average Bonchev–Trinajstić information content (AvgIpc) is 3.63. The van der Waals surface area contributed by atoms with Gasteiger partial charge in [0, 0.05) is 12.4 Å². The zero-order valence-electron chi connectivity index (χ0n) is 25.1. The van der Waals surface area contributed by atoms with Crippen molar-refractivity contribution in [2.45, 2.75) is 37.2 Å². The topological polar surface area (TPSA) is 163 Å². The summed E-state index contributed by atoms with van der Waals surface area (Å²) in [5.74, 6) is -1.04. The molecule has 2 atom stereocenters. The second-order valence-corrected chi connectivity index (χ2v) is 12.6. The highest BCUT2D eigenvalue weighted by Crippen LogP contribution is 2.36. The normalized spacial score (nSPS) is 13.2. The first-order chi connectivity index (χ1) is 22.3. The molecule has 0 aromatic carbocycles. The minimum absolute atomic E-state index is 0.0904. The van der Waals surface area contributed by atoms with Gasteiger partial charge >= 0.3 is 0 Å². The van der Waals surface area contributed by atoms with Gasteiger partial charge in [-0.2, -0.15) is 10.2 Å². The van der Waals surface area contributed by atoms with Gasteiger partial charge in [0.1, 0.15) is 14.2 Å². The van der Waals surface area contributed by atoms with E-state index in [-0.39, 0.29) is 33.1 Å². The number of anilines is 2. The first-order valence-electron chi connectivity index (χ1n) is 13.8. The molecule has 4 heterocycles. The number of rotatable bonds is 15. The minimum atomic E-state index is -0.522. The first kappa shape index (κ1) is 34.7. The van der Waals surface area contributed by atoms with Gasteiger partial charge < -0.3 is 20.3 Å². The number of carbonyl (C=O) groups excluding carboxylic acids is 2. The van der Waals surface area contributed by atoms with Gasteiger partial charge in [0.15, 0.2) is 21.7 Å². The summed E-state index contributed by atoms with van der Waals surface area (Å²) in [5, 5.41) is 21.4. The van der Waals surface area contributed by atoms with E-state index in [1.54, 1.807) is 61.4 Å². The van der Waals surface area contributed by atoms with Gasteiger partial charge in [0.05, 0.1) is 58.0 Å². The summed E-state index contributed by atoms with van der Waals surface area (Å²) in [5.41, 5.74) is 2.15. The van der Waals surface area contributed by atoms with Crippen LogP contribution in [0, 0.1) is 0 Å². The third-order valence-electron chi connectivity index (χ3n) is 6.14. The molecule has 4 aromatic heterocycles. The van der Waals surface area contributed by atoms with Gasteiger partial charge in [-0.1, -0.05) is 68.9 Å². The van der Waals surface area contributed by atoms with Crippen molar-refractivity contribution in [2.75, 3.05) is 24.9 Å². The molecule has 46 heavy (non-hydrogen) atoms. The number of aromatic nitrogens is 6. The fourth-order valence-electron chi connectivity index (χ4n) is 3.93. The van der Waals surface area contributed by atoms with E-state index in [2.05, 4.69) is 41.1 Å². The largest absolute Gasteiger partial charge is 0.399 e. The number of carbonyl (C=O) groups is 2. The molecule has 0 saturated carbocycles. The van der Waals surface area contributed by atoms with Crippen molar-refractivity contribution >= 4 is 79.4 Å². The molecule has 0 aliphatic heterocycles. The fraction of sp³-hybridized carbons (Fsp3) is 0.286. The van der Waals surface area contributed by atoms with E-state index in [4.69, 9.17) is 32.9 Å². The van der Waals surface area contributed by atoms with Crippen LogP contribution in [-0.4, -0.2) is 77.5 Å². The maximum absolute atomic E-state index is 13.4. The Morgan fingerprint density at radius 2 is 1.22 bits per heavy atom. The molecule has 0 saturated heterocycles. The predicted octanol–water partition coefficient (Wildman–Crippen LogP) is 5.68. The summed E-state index contributed by atoms with van der Waals surface area (Å²) in [6, 6.07) is 7.12. The van der Waals surface area contributed by atoms with Crippen LogP contribution in [0.2, 0.25) is 10.3 Å². The van der Waals surface area contributed by atoms with Crippen molar-refractivity contribution in [1.82, 2.24) is 29.5 Å². The molecule has 14 nitrogen and oxygen atoms in total. The molecular weight excluding hydrogens is 675 g/mol. The maximum Gasteiger partial charge on any atom is 0.274 e. The zero-order chi connectivity index (χ0) is 33.1. The van der Waals surface area contributed by atoms with E-state index in [1.807, 2.05) is 13.8 Å². The molecule has 18 heteroatoms. The monoisotopic (exact) mass is 704 g/mol. The Hall–Kier alpha value is -4.12. The second kappa shape index (κ2) is 17.0. The van der Waals surface area contributed by atoms with Crippen LogP contribution in [0.15, 0.2) is 71.8 Å². The number of amides is 2. The summed E-state index contributed by atoms with van der Waals surface area (Å²) < 4.78 is 3.01. The number of pyridine rings is 2. The number of halogens is 2. The third kappa shape index (κ3) is 8.78. The highest BCUT2D eigenvalue weighted by Gasteiger charge is 2.30. The third-order valence-corrected chi connectivity index (χ3v) is 10.1. The van der Waals surface area contributed by atoms with Gasteiger partial charge in [-0.25, -0.2) is 9.36 Å². The van der Waals surface area contributed by atoms with Gasteiger partial charge in [0.25, 0.3) is 11.8 Å². The highest BCUT2D eigenvalue weighted by molar-refractivity contribution is 8.77. The summed E-state index contributed by atoms with van der Waals surface area (Å²) >= 11 is 12.6. The lowest BCUT2D eigenvalue weighted by atomic mass is 10.2. The zero-order valence-corrected chi connectivity index (χ0v) is 28.3. The minimum Gasteiger partial charge on any atom is -0.399 e. The lowest BCUT2D eigenvalue weighted by Gasteiger charge is -2.20. The molecule has 2 amide bonds. The molecule has 0 aliphatic carbocycles. The number of oxime groups is 2. The summed E-state index contributed by atoms with van der Waals surface area (Å²) in [6.45, 7) is 3.81. The number of nitrogens with one attached hydrogen (secondary N) is 2. The quantitative estimate of drug-likeness (QED) is 0.0895. The van der Waals surface area contributed by atoms with Gasteiger partial charge in [0.2, 0.25) is 0 Å². The summed E-state index contributed by atoms with van der Waals surface area (Å²) in [4.78, 5) is 45.0. The van der Waals surface area contributed by atoms with E-state index in [9.17, 15) is 9.59 Å².